The Morgan fingerprint density at radius 3 is 2.68 bits per heavy atom. The number of carbonyl (C=O) groups is 1. The van der Waals surface area contributed by atoms with E-state index in [2.05, 4.69) is 37.1 Å². The molecule has 2 N–H and O–H groups in total. The number of likely N-dealkylation sites (tertiary alicyclic amines) is 1. The first-order valence-corrected chi connectivity index (χ1v) is 14.9. The maximum Gasteiger partial charge on any atom is 0.229 e. The van der Waals surface area contributed by atoms with Crippen molar-refractivity contribution in [3.8, 4) is 22.7 Å². The number of methoxy groups -OCH3 is 1. The van der Waals surface area contributed by atoms with Crippen LogP contribution in [0.1, 0.15) is 12.8 Å². The fraction of sp³-hybridized carbons (Fsp3) is 0.296. The molecule has 1 aliphatic heterocycles. The molecule has 0 saturated carbocycles. The van der Waals surface area contributed by atoms with Crippen LogP contribution in [-0.4, -0.2) is 82.1 Å². The standard InChI is InChI=1S/C27H29N9O4S/c1-34-11-7-17(8-12-34)27(37)31-25-20-15-29-21(19-16-30-35-10-4-9-28-26(19)35)14-23(20)36(32-25)22-6-5-18(13-24(22)40-2)33-41(3,38)39/h4-6,9-10,13-17,33H,7-8,11-12H2,1-3H3,(H,31,32,37). The third-order valence-corrected chi connectivity index (χ3v) is 7.77. The Hall–Kier alpha value is -4.56. The number of piperidine rings is 1. The second kappa shape index (κ2) is 10.4. The zero-order chi connectivity index (χ0) is 28.7. The molecular formula is C27H29N9O4S. The monoisotopic (exact) mass is 575 g/mol. The van der Waals surface area contributed by atoms with E-state index >= 15 is 0 Å². The number of hydrogen-bond acceptors (Lipinski definition) is 9. The Morgan fingerprint density at radius 2 is 1.93 bits per heavy atom. The van der Waals surface area contributed by atoms with Gasteiger partial charge >= 0.3 is 0 Å². The van der Waals surface area contributed by atoms with Crippen molar-refractivity contribution in [2.24, 2.45) is 5.92 Å². The van der Waals surface area contributed by atoms with Gasteiger partial charge in [0.05, 0.1) is 47.4 Å². The minimum absolute atomic E-state index is 0.0831. The smallest absolute Gasteiger partial charge is 0.229 e. The predicted octanol–water partition coefficient (Wildman–Crippen LogP) is 2.79. The van der Waals surface area contributed by atoms with Crippen molar-refractivity contribution in [3.05, 3.63) is 55.1 Å². The van der Waals surface area contributed by atoms with Gasteiger partial charge in [-0.05, 0) is 57.2 Å². The summed E-state index contributed by atoms with van der Waals surface area (Å²) in [5, 5.41) is 12.8. The van der Waals surface area contributed by atoms with Crippen LogP contribution in [0.15, 0.2) is 55.1 Å². The summed E-state index contributed by atoms with van der Waals surface area (Å²) < 4.78 is 35.0. The Labute approximate surface area is 236 Å². The molecule has 14 heteroatoms. The molecule has 1 saturated heterocycles. The first-order chi connectivity index (χ1) is 19.7. The van der Waals surface area contributed by atoms with Gasteiger partial charge in [0.15, 0.2) is 11.5 Å². The molecule has 13 nitrogen and oxygen atoms in total. The van der Waals surface area contributed by atoms with Crippen LogP contribution in [0.25, 0.3) is 33.5 Å². The van der Waals surface area contributed by atoms with Crippen LogP contribution in [0.5, 0.6) is 5.75 Å². The number of hydrogen-bond donors (Lipinski definition) is 2. The summed E-state index contributed by atoms with van der Waals surface area (Å²) >= 11 is 0. The van der Waals surface area contributed by atoms with Crippen molar-refractivity contribution in [2.75, 3.05) is 43.5 Å². The Balaban J connectivity index is 1.47. The number of amides is 1. The minimum atomic E-state index is -3.49. The van der Waals surface area contributed by atoms with Gasteiger partial charge in [0.2, 0.25) is 15.9 Å². The third kappa shape index (κ3) is 5.30. The highest BCUT2D eigenvalue weighted by Crippen LogP contribution is 2.34. The molecule has 0 radical (unpaired) electrons. The van der Waals surface area contributed by atoms with E-state index in [4.69, 9.17) is 9.84 Å². The second-order valence-electron chi connectivity index (χ2n) is 10.1. The maximum absolute atomic E-state index is 13.3. The van der Waals surface area contributed by atoms with E-state index in [1.807, 2.05) is 12.3 Å². The van der Waals surface area contributed by atoms with Crippen LogP contribution in [0.4, 0.5) is 11.5 Å². The van der Waals surface area contributed by atoms with E-state index in [1.54, 1.807) is 52.1 Å². The molecule has 0 bridgehead atoms. The van der Waals surface area contributed by atoms with Gasteiger partial charge in [0.25, 0.3) is 0 Å². The number of ether oxygens (including phenoxy) is 1. The van der Waals surface area contributed by atoms with Gasteiger partial charge in [-0.1, -0.05) is 0 Å². The molecule has 1 aliphatic rings. The fourth-order valence-corrected chi connectivity index (χ4v) is 5.62. The lowest BCUT2D eigenvalue weighted by Crippen LogP contribution is -2.36. The number of carbonyl (C=O) groups excluding carboxylic acids is 1. The molecule has 5 aromatic rings. The van der Waals surface area contributed by atoms with E-state index in [0.717, 1.165) is 37.8 Å². The number of anilines is 2. The summed E-state index contributed by atoms with van der Waals surface area (Å²) in [5.74, 6) is 0.563. The molecule has 4 aromatic heterocycles. The summed E-state index contributed by atoms with van der Waals surface area (Å²) in [6.45, 7) is 1.72. The number of fused-ring (bicyclic) bond motifs is 2. The molecule has 0 atom stereocenters. The largest absolute Gasteiger partial charge is 0.494 e. The van der Waals surface area contributed by atoms with E-state index < -0.39 is 10.0 Å². The fourth-order valence-electron chi connectivity index (χ4n) is 5.06. The zero-order valence-corrected chi connectivity index (χ0v) is 23.6. The van der Waals surface area contributed by atoms with Crippen molar-refractivity contribution < 1.29 is 17.9 Å². The molecule has 0 unspecified atom stereocenters. The van der Waals surface area contributed by atoms with Gasteiger partial charge in [-0.3, -0.25) is 14.5 Å². The van der Waals surface area contributed by atoms with Crippen molar-refractivity contribution in [1.82, 2.24) is 34.3 Å². The van der Waals surface area contributed by atoms with E-state index in [0.29, 0.717) is 45.2 Å². The number of nitrogens with zero attached hydrogens (tertiary/aromatic N) is 7. The van der Waals surface area contributed by atoms with E-state index in [9.17, 15) is 13.2 Å². The number of rotatable bonds is 7. The molecule has 41 heavy (non-hydrogen) atoms. The highest BCUT2D eigenvalue weighted by molar-refractivity contribution is 7.92. The van der Waals surface area contributed by atoms with Gasteiger partial charge in [-0.25, -0.2) is 22.6 Å². The lowest BCUT2D eigenvalue weighted by Gasteiger charge is -2.27. The number of aromatic nitrogens is 6. The van der Waals surface area contributed by atoms with Crippen molar-refractivity contribution >= 4 is 44.0 Å². The molecule has 1 amide bonds. The normalized spacial score (nSPS) is 14.9. The first-order valence-electron chi connectivity index (χ1n) is 13.0. The van der Waals surface area contributed by atoms with Crippen LogP contribution >= 0.6 is 0 Å². The molecule has 1 fully saturated rings. The van der Waals surface area contributed by atoms with Crippen LogP contribution in [0.2, 0.25) is 0 Å². The summed E-state index contributed by atoms with van der Waals surface area (Å²) in [5.41, 5.74) is 3.55. The second-order valence-corrected chi connectivity index (χ2v) is 11.9. The number of nitrogens with one attached hydrogen (secondary N) is 2. The minimum Gasteiger partial charge on any atom is -0.494 e. The van der Waals surface area contributed by atoms with Gasteiger partial charge in [-0.2, -0.15) is 5.10 Å². The Morgan fingerprint density at radius 1 is 1.12 bits per heavy atom. The van der Waals surface area contributed by atoms with Gasteiger partial charge in [-0.15, -0.1) is 5.10 Å². The SMILES string of the molecule is COc1cc(NS(C)(=O)=O)ccc1-n1nc(NC(=O)C2CCN(C)CC2)c2cnc(-c3cnn4cccnc34)cc21. The topological polar surface area (TPSA) is 149 Å². The molecule has 5 heterocycles. The van der Waals surface area contributed by atoms with E-state index in [1.165, 1.54) is 7.11 Å². The average molecular weight is 576 g/mol. The molecule has 1 aromatic carbocycles. The summed E-state index contributed by atoms with van der Waals surface area (Å²) in [7, 11) is 0.0597. The van der Waals surface area contributed by atoms with Gasteiger partial charge in [0, 0.05) is 30.6 Å². The molecule has 6 rings (SSSR count). The quantitative estimate of drug-likeness (QED) is 0.299. The predicted molar refractivity (Wildman–Crippen MR) is 155 cm³/mol. The summed E-state index contributed by atoms with van der Waals surface area (Å²) in [4.78, 5) is 24.6. The summed E-state index contributed by atoms with van der Waals surface area (Å²) in [6.07, 6.45) is 9.50. The Bertz CT molecular complexity index is 1870. The van der Waals surface area contributed by atoms with Crippen LogP contribution in [0, 0.1) is 5.92 Å². The third-order valence-electron chi connectivity index (χ3n) is 7.16. The van der Waals surface area contributed by atoms with Gasteiger partial charge < -0.3 is 15.0 Å². The maximum atomic E-state index is 13.3. The highest BCUT2D eigenvalue weighted by Gasteiger charge is 2.26. The van der Waals surface area contributed by atoms with Crippen molar-refractivity contribution in [1.29, 1.82) is 0 Å². The van der Waals surface area contributed by atoms with Crippen molar-refractivity contribution in [2.45, 2.75) is 12.8 Å². The highest BCUT2D eigenvalue weighted by atomic mass is 32.2. The molecular weight excluding hydrogens is 546 g/mol. The Kier molecular flexibility index (Phi) is 6.79. The molecule has 212 valence electrons. The average Bonchev–Trinajstić information content (AvgIpc) is 3.54. The molecule has 0 spiro atoms. The number of benzene rings is 1. The van der Waals surface area contributed by atoms with E-state index in [-0.39, 0.29) is 11.8 Å². The lowest BCUT2D eigenvalue weighted by atomic mass is 9.96. The van der Waals surface area contributed by atoms with Crippen LogP contribution in [0.3, 0.4) is 0 Å². The zero-order valence-electron chi connectivity index (χ0n) is 22.8. The van der Waals surface area contributed by atoms with Crippen LogP contribution in [-0.2, 0) is 14.8 Å². The van der Waals surface area contributed by atoms with Crippen molar-refractivity contribution in [3.63, 3.8) is 0 Å². The lowest BCUT2D eigenvalue weighted by molar-refractivity contribution is -0.121. The first kappa shape index (κ1) is 26.7. The number of pyridine rings is 1. The summed E-state index contributed by atoms with van der Waals surface area (Å²) in [6, 6.07) is 8.57. The van der Waals surface area contributed by atoms with Gasteiger partial charge in [0.1, 0.15) is 11.4 Å². The molecule has 0 aliphatic carbocycles. The number of sulfonamides is 1. The van der Waals surface area contributed by atoms with Crippen LogP contribution < -0.4 is 14.8 Å².